The second-order valence-electron chi connectivity index (χ2n) is 12.4. The highest BCUT2D eigenvalue weighted by Crippen LogP contribution is 2.55. The highest BCUT2D eigenvalue weighted by atomic mass is 35.5. The molecule has 3 fully saturated rings. The number of hydrogen-bond donors (Lipinski definition) is 5. The second-order valence-corrected chi connectivity index (χ2v) is 15.0. The van der Waals surface area contributed by atoms with Crippen molar-refractivity contribution in [1.82, 2.24) is 10.6 Å². The molecule has 3 aliphatic carbocycles. The normalized spacial score (nSPS) is 24.5. The second kappa shape index (κ2) is 12.5. The summed E-state index contributed by atoms with van der Waals surface area (Å²) in [6.07, 6.45) is -1.16. The van der Waals surface area contributed by atoms with Crippen molar-refractivity contribution in [3.05, 3.63) is 58.4 Å². The maximum Gasteiger partial charge on any atom is 0.408 e. The first-order valence-electron chi connectivity index (χ1n) is 13.9. The molecule has 0 radical (unpaired) electrons. The quantitative estimate of drug-likeness (QED) is 0.199. The number of aliphatic hydroxyl groups excluding tert-OH is 1. The Morgan fingerprint density at radius 2 is 1.68 bits per heavy atom. The average molecular weight is 662 g/mol. The van der Waals surface area contributed by atoms with Gasteiger partial charge in [0.15, 0.2) is 27.3 Å². The monoisotopic (exact) mass is 661 g/mol. The third-order valence-corrected chi connectivity index (χ3v) is 10.7. The lowest BCUT2D eigenvalue weighted by Gasteiger charge is -2.58. The highest BCUT2D eigenvalue weighted by molar-refractivity contribution is 7.92. The van der Waals surface area contributed by atoms with Crippen LogP contribution in [0.2, 0.25) is 5.02 Å². The molecule has 0 aromatic heterocycles. The molecule has 3 saturated carbocycles. The van der Waals surface area contributed by atoms with Crippen LogP contribution in [-0.2, 0) is 14.6 Å². The number of fused-ring (bicyclic) bond motifs is 2. The van der Waals surface area contributed by atoms with Crippen molar-refractivity contribution in [1.29, 1.82) is 0 Å². The van der Waals surface area contributed by atoms with E-state index in [9.17, 15) is 41.4 Å². The van der Waals surface area contributed by atoms with Crippen LogP contribution >= 0.6 is 11.6 Å². The number of carbonyl (C=O) groups is 2. The van der Waals surface area contributed by atoms with E-state index in [0.717, 1.165) is 6.07 Å². The fourth-order valence-corrected chi connectivity index (χ4v) is 8.09. The molecule has 10 nitrogen and oxygen atoms in total. The van der Waals surface area contributed by atoms with Crippen molar-refractivity contribution in [3.63, 3.8) is 0 Å². The van der Waals surface area contributed by atoms with Gasteiger partial charge in [0.25, 0.3) is 5.91 Å². The van der Waals surface area contributed by atoms with Crippen LogP contribution in [0.1, 0.15) is 57.3 Å². The molecule has 2 amide bonds. The standard InChI is InChI=1S/C29H35ClF3N3O7S/c1-14(35-27(39)43-28(2,3)4)25(37)34-13-29(40)16-8-17(29)10-19(9-16)44(41,42)23-7-15(5-6-20(23)30)26(38)36-18-11-21(31)24(33)22(32)12-18/h5-7,11-12,14,16-17,19,25,34,37,40H,8-10,13H2,1-4H3,(H,35,39)(H,36,38)/t14-,16?,17?,19?,25?,29?/m0/s1. The van der Waals surface area contributed by atoms with Gasteiger partial charge in [-0.1, -0.05) is 11.6 Å². The van der Waals surface area contributed by atoms with E-state index in [1.54, 1.807) is 27.7 Å². The summed E-state index contributed by atoms with van der Waals surface area (Å²) in [7, 11) is -4.09. The van der Waals surface area contributed by atoms with Crippen molar-refractivity contribution >= 4 is 39.1 Å². The van der Waals surface area contributed by atoms with E-state index in [1.165, 1.54) is 12.1 Å². The van der Waals surface area contributed by atoms with Gasteiger partial charge in [-0.05, 0) is 77.0 Å². The van der Waals surface area contributed by atoms with Crippen molar-refractivity contribution in [3.8, 4) is 0 Å². The van der Waals surface area contributed by atoms with Crippen LogP contribution in [0.5, 0.6) is 0 Å². The van der Waals surface area contributed by atoms with Crippen LogP contribution in [0.25, 0.3) is 0 Å². The molecule has 15 heteroatoms. The summed E-state index contributed by atoms with van der Waals surface area (Å²) in [5, 5.41) is 28.3. The zero-order chi connectivity index (χ0) is 32.8. The molecular formula is C29H35ClF3N3O7S. The lowest BCUT2D eigenvalue weighted by molar-refractivity contribution is -0.176. The minimum Gasteiger partial charge on any atom is -0.444 e. The minimum atomic E-state index is -4.09. The molecule has 242 valence electrons. The van der Waals surface area contributed by atoms with Crippen LogP contribution in [0.15, 0.2) is 35.2 Å². The Morgan fingerprint density at radius 3 is 2.25 bits per heavy atom. The van der Waals surface area contributed by atoms with Crippen LogP contribution < -0.4 is 16.0 Å². The number of halogens is 4. The Morgan fingerprint density at radius 1 is 1.09 bits per heavy atom. The van der Waals surface area contributed by atoms with Crippen LogP contribution in [0.3, 0.4) is 0 Å². The summed E-state index contributed by atoms with van der Waals surface area (Å²) in [4.78, 5) is 24.4. The van der Waals surface area contributed by atoms with Gasteiger partial charge >= 0.3 is 6.09 Å². The summed E-state index contributed by atoms with van der Waals surface area (Å²) >= 11 is 6.24. The summed E-state index contributed by atoms with van der Waals surface area (Å²) in [6, 6.07) is 3.94. The third-order valence-electron chi connectivity index (χ3n) is 8.07. The number of carbonyl (C=O) groups excluding carboxylic acids is 2. The third kappa shape index (κ3) is 7.15. The Kier molecular flexibility index (Phi) is 9.63. The Balaban J connectivity index is 1.40. The molecule has 0 saturated heterocycles. The molecule has 2 aromatic carbocycles. The van der Waals surface area contributed by atoms with Gasteiger partial charge < -0.3 is 25.6 Å². The smallest absolute Gasteiger partial charge is 0.408 e. The Labute approximate surface area is 258 Å². The molecule has 2 bridgehead atoms. The van der Waals surface area contributed by atoms with E-state index in [0.29, 0.717) is 18.6 Å². The topological polar surface area (TPSA) is 154 Å². The van der Waals surface area contributed by atoms with Gasteiger partial charge in [0.2, 0.25) is 0 Å². The number of benzene rings is 2. The largest absolute Gasteiger partial charge is 0.444 e. The van der Waals surface area contributed by atoms with Gasteiger partial charge in [0.05, 0.1) is 26.8 Å². The van der Waals surface area contributed by atoms with Crippen molar-refractivity contribution in [2.24, 2.45) is 11.8 Å². The lowest BCUT2D eigenvalue weighted by atomic mass is 9.53. The van der Waals surface area contributed by atoms with Crippen molar-refractivity contribution < 1.29 is 46.1 Å². The number of rotatable bonds is 9. The summed E-state index contributed by atoms with van der Waals surface area (Å²) < 4.78 is 72.9. The predicted molar refractivity (Wildman–Crippen MR) is 155 cm³/mol. The maximum absolute atomic E-state index is 13.7. The van der Waals surface area contributed by atoms with Gasteiger partial charge in [-0.3, -0.25) is 10.1 Å². The van der Waals surface area contributed by atoms with Crippen molar-refractivity contribution in [2.45, 2.75) is 80.6 Å². The molecule has 0 aliphatic heterocycles. The van der Waals surface area contributed by atoms with Gasteiger partial charge in [-0.15, -0.1) is 0 Å². The maximum atomic E-state index is 13.7. The summed E-state index contributed by atoms with van der Waals surface area (Å²) in [6.45, 7) is 6.62. The molecule has 3 aliphatic rings. The number of sulfone groups is 1. The first-order chi connectivity index (χ1) is 20.3. The number of aliphatic hydroxyl groups is 2. The summed E-state index contributed by atoms with van der Waals surface area (Å²) in [5.41, 5.74) is -2.54. The van der Waals surface area contributed by atoms with Gasteiger partial charge in [0.1, 0.15) is 11.8 Å². The molecule has 3 unspecified atom stereocenters. The van der Waals surface area contributed by atoms with E-state index in [1.807, 2.05) is 0 Å². The molecule has 44 heavy (non-hydrogen) atoms. The molecule has 0 spiro atoms. The molecule has 2 aromatic rings. The van der Waals surface area contributed by atoms with E-state index in [4.69, 9.17) is 16.3 Å². The van der Waals surface area contributed by atoms with E-state index in [2.05, 4.69) is 16.0 Å². The Hall–Kier alpha value is -2.91. The van der Waals surface area contributed by atoms with Crippen LogP contribution in [0.4, 0.5) is 23.7 Å². The van der Waals surface area contributed by atoms with Crippen LogP contribution in [-0.4, -0.2) is 65.9 Å². The fourth-order valence-electron chi connectivity index (χ4n) is 5.69. The number of alkyl carbamates (subject to hydrolysis) is 1. The van der Waals surface area contributed by atoms with Gasteiger partial charge in [-0.2, -0.15) is 0 Å². The zero-order valence-corrected chi connectivity index (χ0v) is 26.0. The number of ether oxygens (including phenoxy) is 1. The number of anilines is 1. The SMILES string of the molecule is C[C@H](NC(=O)OC(C)(C)C)C(O)NCC1(O)C2CC1CC(S(=O)(=O)c1cc(C(=O)Nc3cc(F)c(F)c(F)c3)ccc1Cl)C2. The predicted octanol–water partition coefficient (Wildman–Crippen LogP) is 4.13. The number of amides is 2. The van der Waals surface area contributed by atoms with E-state index >= 15 is 0 Å². The number of nitrogens with one attached hydrogen (secondary N) is 3. The Bertz CT molecular complexity index is 1520. The fraction of sp³-hybridized carbons (Fsp3) is 0.517. The van der Waals surface area contributed by atoms with Gasteiger partial charge in [-0.25, -0.2) is 26.4 Å². The molecule has 5 N–H and O–H groups in total. The average Bonchev–Trinajstić information content (AvgIpc) is 2.93. The molecular weight excluding hydrogens is 627 g/mol. The first-order valence-corrected chi connectivity index (χ1v) is 15.9. The van der Waals surface area contributed by atoms with Gasteiger partial charge in [0, 0.05) is 29.9 Å². The van der Waals surface area contributed by atoms with E-state index < -0.39 is 79.8 Å². The van der Waals surface area contributed by atoms with E-state index in [-0.39, 0.29) is 40.6 Å². The molecule has 4 atom stereocenters. The van der Waals surface area contributed by atoms with Crippen LogP contribution in [0, 0.1) is 29.3 Å². The minimum absolute atomic E-state index is 0.0441. The highest BCUT2D eigenvalue weighted by Gasteiger charge is 2.60. The first kappa shape index (κ1) is 34.0. The molecule has 5 rings (SSSR count). The zero-order valence-electron chi connectivity index (χ0n) is 24.5. The lowest BCUT2D eigenvalue weighted by Crippen LogP contribution is -2.67. The molecule has 0 heterocycles. The number of hydrogen-bond acceptors (Lipinski definition) is 8. The van der Waals surface area contributed by atoms with Crippen molar-refractivity contribution in [2.75, 3.05) is 11.9 Å². The summed E-state index contributed by atoms with van der Waals surface area (Å²) in [5.74, 6) is -6.44.